The van der Waals surface area contributed by atoms with Gasteiger partial charge >= 0.3 is 0 Å². The highest BCUT2D eigenvalue weighted by molar-refractivity contribution is 7.92. The molecule has 3 rings (SSSR count). The fourth-order valence-electron chi connectivity index (χ4n) is 2.96. The summed E-state index contributed by atoms with van der Waals surface area (Å²) < 4.78 is 24.4. The van der Waals surface area contributed by atoms with E-state index in [0.29, 0.717) is 29.9 Å². The number of nitrogens with zero attached hydrogens (tertiary/aromatic N) is 2. The number of nitrogen functional groups attached to an aromatic ring is 1. The van der Waals surface area contributed by atoms with E-state index in [0.717, 1.165) is 5.69 Å². The van der Waals surface area contributed by atoms with Crippen LogP contribution in [0.25, 0.3) is 11.4 Å². The summed E-state index contributed by atoms with van der Waals surface area (Å²) in [6.45, 7) is -0.168. The van der Waals surface area contributed by atoms with Crippen molar-refractivity contribution in [2.45, 2.75) is 24.0 Å². The standard InChI is InChI=1S/C17H21N5O3S2/c18-14-10-13(17(6-7-17)27(24,25)9-1-8-23)21-15(22-14)11-2-4-12(5-3-11)20-16(19)26/h2-5,10,23H,1,6-9H2,(H2,18,21,22)(H3,19,20,26). The Labute approximate surface area is 162 Å². The SMILES string of the molecule is NC(=S)Nc1ccc(-c2nc(N)cc(C3(S(=O)(=O)CCCO)CC3)n2)cc1. The molecule has 0 unspecified atom stereocenters. The number of thiocarbonyl (C=S) groups is 1. The lowest BCUT2D eigenvalue weighted by Crippen LogP contribution is -2.26. The number of hydrogen-bond donors (Lipinski definition) is 4. The van der Waals surface area contributed by atoms with Gasteiger partial charge in [0.1, 0.15) is 10.6 Å². The van der Waals surface area contributed by atoms with Crippen molar-refractivity contribution in [3.8, 4) is 11.4 Å². The van der Waals surface area contributed by atoms with Gasteiger partial charge in [-0.05, 0) is 55.7 Å². The Bertz CT molecular complexity index is 957. The molecule has 6 N–H and O–H groups in total. The second kappa shape index (κ2) is 7.37. The molecule has 10 heteroatoms. The fraction of sp³-hybridized carbons (Fsp3) is 0.353. The lowest BCUT2D eigenvalue weighted by Gasteiger charge is -2.17. The molecule has 1 aliphatic rings. The summed E-state index contributed by atoms with van der Waals surface area (Å²) in [6, 6.07) is 8.62. The van der Waals surface area contributed by atoms with E-state index in [1.54, 1.807) is 24.3 Å². The third-order valence-electron chi connectivity index (χ3n) is 4.49. The van der Waals surface area contributed by atoms with Crippen LogP contribution in [0.3, 0.4) is 0 Å². The molecule has 27 heavy (non-hydrogen) atoms. The van der Waals surface area contributed by atoms with Crippen molar-refractivity contribution in [2.24, 2.45) is 5.73 Å². The van der Waals surface area contributed by atoms with Crippen LogP contribution in [0.2, 0.25) is 0 Å². The molecular formula is C17H21N5O3S2. The number of aromatic nitrogens is 2. The maximum Gasteiger partial charge on any atom is 0.168 e. The Balaban J connectivity index is 1.95. The zero-order chi connectivity index (χ0) is 19.7. The highest BCUT2D eigenvalue weighted by Crippen LogP contribution is 2.53. The number of anilines is 2. The summed E-state index contributed by atoms with van der Waals surface area (Å²) in [5.41, 5.74) is 13.2. The van der Waals surface area contributed by atoms with Crippen LogP contribution in [0.5, 0.6) is 0 Å². The van der Waals surface area contributed by atoms with Gasteiger partial charge in [-0.3, -0.25) is 0 Å². The molecule has 1 heterocycles. The van der Waals surface area contributed by atoms with Crippen molar-refractivity contribution in [1.29, 1.82) is 0 Å². The number of hydrogen-bond acceptors (Lipinski definition) is 7. The second-order valence-electron chi connectivity index (χ2n) is 6.46. The van der Waals surface area contributed by atoms with Crippen molar-refractivity contribution in [2.75, 3.05) is 23.4 Å². The van der Waals surface area contributed by atoms with Crippen molar-refractivity contribution in [1.82, 2.24) is 9.97 Å². The molecule has 0 saturated heterocycles. The maximum atomic E-state index is 12.7. The topological polar surface area (TPSA) is 144 Å². The number of aliphatic hydroxyl groups is 1. The van der Waals surface area contributed by atoms with Crippen molar-refractivity contribution < 1.29 is 13.5 Å². The predicted octanol–water partition coefficient (Wildman–Crippen LogP) is 1.17. The van der Waals surface area contributed by atoms with Gasteiger partial charge in [-0.1, -0.05) is 0 Å². The largest absolute Gasteiger partial charge is 0.396 e. The monoisotopic (exact) mass is 407 g/mol. The first-order valence-electron chi connectivity index (χ1n) is 8.42. The van der Waals surface area contributed by atoms with E-state index in [2.05, 4.69) is 15.3 Å². The molecular weight excluding hydrogens is 386 g/mol. The number of aliphatic hydroxyl groups excluding tert-OH is 1. The molecule has 1 aromatic carbocycles. The first kappa shape index (κ1) is 19.5. The van der Waals surface area contributed by atoms with Gasteiger partial charge in [0, 0.05) is 23.9 Å². The van der Waals surface area contributed by atoms with Crippen LogP contribution in [-0.2, 0) is 14.6 Å². The molecule has 0 aliphatic heterocycles. The quantitative estimate of drug-likeness (QED) is 0.497. The van der Waals surface area contributed by atoms with Crippen LogP contribution in [0, 0.1) is 0 Å². The number of nitrogens with two attached hydrogens (primary N) is 2. The smallest absolute Gasteiger partial charge is 0.168 e. The van der Waals surface area contributed by atoms with Crippen molar-refractivity contribution in [3.05, 3.63) is 36.0 Å². The summed E-state index contributed by atoms with van der Waals surface area (Å²) >= 11 is 4.80. The van der Waals surface area contributed by atoms with Crippen molar-refractivity contribution in [3.63, 3.8) is 0 Å². The average Bonchev–Trinajstić information content (AvgIpc) is 3.42. The van der Waals surface area contributed by atoms with Crippen LogP contribution in [0.1, 0.15) is 25.0 Å². The fourth-order valence-corrected chi connectivity index (χ4v) is 5.13. The molecule has 0 radical (unpaired) electrons. The molecule has 1 aromatic heterocycles. The predicted molar refractivity (Wildman–Crippen MR) is 109 cm³/mol. The molecule has 2 aromatic rings. The van der Waals surface area contributed by atoms with Crippen LogP contribution >= 0.6 is 12.2 Å². The van der Waals surface area contributed by atoms with Crippen LogP contribution in [0.15, 0.2) is 30.3 Å². The summed E-state index contributed by atoms with van der Waals surface area (Å²) in [6.07, 6.45) is 1.19. The molecule has 8 nitrogen and oxygen atoms in total. The van der Waals surface area contributed by atoms with E-state index in [4.69, 9.17) is 28.8 Å². The van der Waals surface area contributed by atoms with E-state index >= 15 is 0 Å². The molecule has 0 bridgehead atoms. The van der Waals surface area contributed by atoms with Crippen molar-refractivity contribution >= 4 is 38.7 Å². The zero-order valence-corrected chi connectivity index (χ0v) is 16.2. The summed E-state index contributed by atoms with van der Waals surface area (Å²) in [7, 11) is -3.44. The average molecular weight is 408 g/mol. The van der Waals surface area contributed by atoms with E-state index in [-0.39, 0.29) is 29.7 Å². The third kappa shape index (κ3) is 4.02. The lowest BCUT2D eigenvalue weighted by atomic mass is 10.1. The number of rotatable bonds is 7. The Hall–Kier alpha value is -2.30. The molecule has 1 saturated carbocycles. The second-order valence-corrected chi connectivity index (χ2v) is 9.32. The van der Waals surface area contributed by atoms with Gasteiger partial charge in [-0.25, -0.2) is 18.4 Å². The summed E-state index contributed by atoms with van der Waals surface area (Å²) in [5.74, 6) is 0.488. The normalized spacial score (nSPS) is 15.3. The Morgan fingerprint density at radius 3 is 2.48 bits per heavy atom. The Kier molecular flexibility index (Phi) is 5.31. The molecule has 0 spiro atoms. The number of nitrogens with one attached hydrogen (secondary N) is 1. The third-order valence-corrected chi connectivity index (χ3v) is 7.23. The van der Waals surface area contributed by atoms with Gasteiger partial charge in [-0.15, -0.1) is 0 Å². The molecule has 1 aliphatic carbocycles. The van der Waals surface area contributed by atoms with E-state index in [9.17, 15) is 8.42 Å². The minimum Gasteiger partial charge on any atom is -0.396 e. The van der Waals surface area contributed by atoms with Gasteiger partial charge in [0.05, 0.1) is 11.4 Å². The van der Waals surface area contributed by atoms with Crippen LogP contribution in [0.4, 0.5) is 11.5 Å². The van der Waals surface area contributed by atoms with Gasteiger partial charge in [0.2, 0.25) is 0 Å². The van der Waals surface area contributed by atoms with Gasteiger partial charge in [0.25, 0.3) is 0 Å². The maximum absolute atomic E-state index is 12.7. The van der Waals surface area contributed by atoms with E-state index < -0.39 is 14.6 Å². The summed E-state index contributed by atoms with van der Waals surface area (Å²) in [4.78, 5) is 8.74. The van der Waals surface area contributed by atoms with Crippen LogP contribution in [-0.4, -0.2) is 41.0 Å². The number of benzene rings is 1. The van der Waals surface area contributed by atoms with E-state index in [1.807, 2.05) is 0 Å². The van der Waals surface area contributed by atoms with Crippen LogP contribution < -0.4 is 16.8 Å². The molecule has 144 valence electrons. The van der Waals surface area contributed by atoms with E-state index in [1.165, 1.54) is 6.07 Å². The number of sulfone groups is 1. The van der Waals surface area contributed by atoms with Gasteiger partial charge in [0.15, 0.2) is 20.8 Å². The Morgan fingerprint density at radius 1 is 1.26 bits per heavy atom. The Morgan fingerprint density at radius 2 is 1.93 bits per heavy atom. The lowest BCUT2D eigenvalue weighted by molar-refractivity contribution is 0.295. The first-order valence-corrected chi connectivity index (χ1v) is 10.5. The minimum absolute atomic E-state index is 0.0812. The molecule has 0 amide bonds. The highest BCUT2D eigenvalue weighted by Gasteiger charge is 2.56. The first-order chi connectivity index (χ1) is 12.8. The van der Waals surface area contributed by atoms with Gasteiger partial charge in [-0.2, -0.15) is 0 Å². The van der Waals surface area contributed by atoms with Gasteiger partial charge < -0.3 is 21.9 Å². The zero-order valence-electron chi connectivity index (χ0n) is 14.6. The summed E-state index contributed by atoms with van der Waals surface area (Å²) in [5, 5.41) is 12.0. The minimum atomic E-state index is -3.44. The highest BCUT2D eigenvalue weighted by atomic mass is 32.2. The molecule has 1 fully saturated rings. The molecule has 0 atom stereocenters.